The van der Waals surface area contributed by atoms with Gasteiger partial charge in [0.15, 0.2) is 11.4 Å². The van der Waals surface area contributed by atoms with Gasteiger partial charge >= 0.3 is 0 Å². The molecular formula is C18H13FN2O3. The average molecular weight is 324 g/mol. The SMILES string of the molecule is C/C(O)=C(\C#N)C(=O)Nc1ccc(C(=O)c2ccc(F)cc2)cc1. The molecule has 0 aliphatic carbocycles. The zero-order chi connectivity index (χ0) is 17.7. The van der Waals surface area contributed by atoms with Crippen LogP contribution in [0.4, 0.5) is 10.1 Å². The first-order valence-corrected chi connectivity index (χ1v) is 6.94. The van der Waals surface area contributed by atoms with E-state index in [1.165, 1.54) is 55.5 Å². The number of hydrogen-bond acceptors (Lipinski definition) is 4. The van der Waals surface area contributed by atoms with Gasteiger partial charge in [0.1, 0.15) is 17.6 Å². The van der Waals surface area contributed by atoms with Crippen molar-refractivity contribution in [1.29, 1.82) is 5.26 Å². The topological polar surface area (TPSA) is 90.2 Å². The summed E-state index contributed by atoms with van der Waals surface area (Å²) in [4.78, 5) is 24.0. The molecule has 0 aliphatic rings. The fraction of sp³-hybridized carbons (Fsp3) is 0.0556. The second kappa shape index (κ2) is 7.20. The lowest BCUT2D eigenvalue weighted by Crippen LogP contribution is -2.15. The van der Waals surface area contributed by atoms with Gasteiger partial charge in [-0.2, -0.15) is 5.26 Å². The summed E-state index contributed by atoms with van der Waals surface area (Å²) in [7, 11) is 0. The number of ketones is 1. The lowest BCUT2D eigenvalue weighted by molar-refractivity contribution is -0.112. The first-order chi connectivity index (χ1) is 11.4. The summed E-state index contributed by atoms with van der Waals surface area (Å²) < 4.78 is 12.9. The molecule has 0 saturated carbocycles. The van der Waals surface area contributed by atoms with Crippen LogP contribution in [0.5, 0.6) is 0 Å². The van der Waals surface area contributed by atoms with E-state index in [0.29, 0.717) is 16.8 Å². The van der Waals surface area contributed by atoms with Gasteiger partial charge in [0.2, 0.25) is 0 Å². The van der Waals surface area contributed by atoms with Crippen molar-refractivity contribution in [1.82, 2.24) is 0 Å². The number of hydrogen-bond donors (Lipinski definition) is 2. The maximum absolute atomic E-state index is 12.9. The van der Waals surface area contributed by atoms with Crippen molar-refractivity contribution in [2.75, 3.05) is 5.32 Å². The Kier molecular flexibility index (Phi) is 5.07. The van der Waals surface area contributed by atoms with Crippen molar-refractivity contribution in [3.05, 3.63) is 76.8 Å². The summed E-state index contributed by atoms with van der Waals surface area (Å²) >= 11 is 0. The number of amides is 1. The molecule has 5 nitrogen and oxygen atoms in total. The van der Waals surface area contributed by atoms with Crippen LogP contribution in [0.2, 0.25) is 0 Å². The number of carbonyl (C=O) groups is 2. The third-order valence-electron chi connectivity index (χ3n) is 3.21. The number of allylic oxidation sites excluding steroid dienone is 1. The van der Waals surface area contributed by atoms with Gasteiger partial charge in [-0.3, -0.25) is 9.59 Å². The number of rotatable bonds is 4. The number of carbonyl (C=O) groups excluding carboxylic acids is 2. The molecule has 0 atom stereocenters. The van der Waals surface area contributed by atoms with Crippen LogP contribution in [0, 0.1) is 17.1 Å². The molecule has 1 amide bonds. The lowest BCUT2D eigenvalue weighted by Gasteiger charge is -2.06. The molecule has 2 aromatic rings. The number of halogens is 1. The van der Waals surface area contributed by atoms with Crippen LogP contribution in [-0.4, -0.2) is 16.8 Å². The number of nitrogens with zero attached hydrogens (tertiary/aromatic N) is 1. The van der Waals surface area contributed by atoms with Crippen LogP contribution in [0.15, 0.2) is 59.9 Å². The highest BCUT2D eigenvalue weighted by Gasteiger charge is 2.13. The quantitative estimate of drug-likeness (QED) is 0.390. The van der Waals surface area contributed by atoms with Gasteiger partial charge in [-0.25, -0.2) is 4.39 Å². The number of aliphatic hydroxyl groups is 1. The third-order valence-corrected chi connectivity index (χ3v) is 3.21. The predicted octanol–water partition coefficient (Wildman–Crippen LogP) is 3.35. The minimum atomic E-state index is -0.741. The van der Waals surface area contributed by atoms with Gasteiger partial charge in [-0.1, -0.05) is 0 Å². The zero-order valence-electron chi connectivity index (χ0n) is 12.7. The van der Waals surface area contributed by atoms with E-state index in [-0.39, 0.29) is 17.1 Å². The molecule has 0 saturated heterocycles. The summed E-state index contributed by atoms with van der Waals surface area (Å²) in [5.41, 5.74) is 0.693. The molecule has 6 heteroatoms. The van der Waals surface area contributed by atoms with Crippen molar-refractivity contribution in [3.63, 3.8) is 0 Å². The molecule has 0 aliphatic heterocycles. The molecule has 0 heterocycles. The second-order valence-electron chi connectivity index (χ2n) is 4.94. The van der Waals surface area contributed by atoms with Crippen LogP contribution in [0.25, 0.3) is 0 Å². The van der Waals surface area contributed by atoms with E-state index in [9.17, 15) is 19.1 Å². The van der Waals surface area contributed by atoms with Crippen molar-refractivity contribution in [3.8, 4) is 6.07 Å². The Morgan fingerprint density at radius 2 is 1.54 bits per heavy atom. The molecule has 0 spiro atoms. The Labute approximate surface area is 137 Å². The minimum absolute atomic E-state index is 0.281. The monoisotopic (exact) mass is 324 g/mol. The van der Waals surface area contributed by atoms with E-state index in [1.54, 1.807) is 6.07 Å². The van der Waals surface area contributed by atoms with Gasteiger partial charge in [0.25, 0.3) is 5.91 Å². The molecule has 24 heavy (non-hydrogen) atoms. The minimum Gasteiger partial charge on any atom is -0.511 e. The Bertz CT molecular complexity index is 843. The van der Waals surface area contributed by atoms with E-state index in [1.807, 2.05) is 0 Å². The van der Waals surface area contributed by atoms with Crippen molar-refractivity contribution < 1.29 is 19.1 Å². The van der Waals surface area contributed by atoms with Crippen LogP contribution in [-0.2, 0) is 4.79 Å². The van der Waals surface area contributed by atoms with Crippen molar-refractivity contribution >= 4 is 17.4 Å². The van der Waals surface area contributed by atoms with E-state index >= 15 is 0 Å². The van der Waals surface area contributed by atoms with Crippen LogP contribution in [0.1, 0.15) is 22.8 Å². The molecule has 0 fully saturated rings. The average Bonchev–Trinajstić information content (AvgIpc) is 2.56. The fourth-order valence-electron chi connectivity index (χ4n) is 1.96. The Hall–Kier alpha value is -3.46. The smallest absolute Gasteiger partial charge is 0.269 e. The molecule has 0 bridgehead atoms. The maximum atomic E-state index is 12.9. The molecule has 0 radical (unpaired) electrons. The summed E-state index contributed by atoms with van der Waals surface area (Å²) in [6, 6.07) is 12.8. The zero-order valence-corrected chi connectivity index (χ0v) is 12.7. The maximum Gasteiger partial charge on any atom is 0.269 e. The normalized spacial score (nSPS) is 11.2. The second-order valence-corrected chi connectivity index (χ2v) is 4.94. The first kappa shape index (κ1) is 16.9. The highest BCUT2D eigenvalue weighted by molar-refractivity contribution is 6.10. The van der Waals surface area contributed by atoms with E-state index < -0.39 is 11.7 Å². The molecule has 2 rings (SSSR count). The lowest BCUT2D eigenvalue weighted by atomic mass is 10.0. The molecule has 120 valence electrons. The Morgan fingerprint density at radius 3 is 2.00 bits per heavy atom. The van der Waals surface area contributed by atoms with Gasteiger partial charge in [-0.05, 0) is 55.5 Å². The molecule has 2 N–H and O–H groups in total. The summed E-state index contributed by atoms with van der Waals surface area (Å²) in [6.07, 6.45) is 0. The largest absolute Gasteiger partial charge is 0.511 e. The molecule has 2 aromatic carbocycles. The van der Waals surface area contributed by atoms with E-state index in [2.05, 4.69) is 5.32 Å². The van der Waals surface area contributed by atoms with Gasteiger partial charge in [0, 0.05) is 16.8 Å². The fourth-order valence-corrected chi connectivity index (χ4v) is 1.96. The van der Waals surface area contributed by atoms with Crippen LogP contribution >= 0.6 is 0 Å². The number of anilines is 1. The Morgan fingerprint density at radius 1 is 1.04 bits per heavy atom. The van der Waals surface area contributed by atoms with Crippen molar-refractivity contribution in [2.45, 2.75) is 6.92 Å². The first-order valence-electron chi connectivity index (χ1n) is 6.94. The highest BCUT2D eigenvalue weighted by atomic mass is 19.1. The standard InChI is InChI=1S/C18H13FN2O3/c1-11(22)16(10-20)18(24)21-15-8-4-13(5-9-15)17(23)12-2-6-14(19)7-3-12/h2-9,22H,1H3,(H,21,24)/b16-11-. The predicted molar refractivity (Wildman–Crippen MR) is 85.8 cm³/mol. The molecule has 0 aromatic heterocycles. The summed E-state index contributed by atoms with van der Waals surface area (Å²) in [5.74, 6) is -1.82. The van der Waals surface area contributed by atoms with E-state index in [0.717, 1.165) is 0 Å². The van der Waals surface area contributed by atoms with Gasteiger partial charge < -0.3 is 10.4 Å². The number of nitrogens with one attached hydrogen (secondary N) is 1. The molecular weight excluding hydrogens is 311 g/mol. The summed E-state index contributed by atoms with van der Waals surface area (Å²) in [5, 5.41) is 20.5. The highest BCUT2D eigenvalue weighted by Crippen LogP contribution is 2.15. The van der Waals surface area contributed by atoms with E-state index in [4.69, 9.17) is 5.26 Å². The van der Waals surface area contributed by atoms with Gasteiger partial charge in [0.05, 0.1) is 0 Å². The number of aliphatic hydroxyl groups excluding tert-OH is 1. The van der Waals surface area contributed by atoms with Crippen molar-refractivity contribution in [2.24, 2.45) is 0 Å². The van der Waals surface area contributed by atoms with Crippen LogP contribution in [0.3, 0.4) is 0 Å². The Balaban J connectivity index is 2.15. The van der Waals surface area contributed by atoms with Crippen LogP contribution < -0.4 is 5.32 Å². The summed E-state index contributed by atoms with van der Waals surface area (Å²) in [6.45, 7) is 1.24. The number of benzene rings is 2. The molecule has 0 unspecified atom stereocenters. The number of nitriles is 1. The third kappa shape index (κ3) is 3.84. The van der Waals surface area contributed by atoms with Gasteiger partial charge in [-0.15, -0.1) is 0 Å².